The molecule has 4 nitrogen and oxygen atoms in total. The fraction of sp³-hybridized carbons (Fsp3) is 0.625. The first-order valence-corrected chi connectivity index (χ1v) is 3.81. The van der Waals surface area contributed by atoms with Crippen LogP contribution in [0.1, 0.15) is 6.42 Å². The molecule has 0 aromatic rings. The molecule has 0 aromatic carbocycles. The monoisotopic (exact) mass is 171 g/mol. The highest BCUT2D eigenvalue weighted by atomic mass is 16.5. The van der Waals surface area contributed by atoms with E-state index >= 15 is 0 Å². The van der Waals surface area contributed by atoms with Gasteiger partial charge in [0.15, 0.2) is 0 Å². The molecule has 12 heavy (non-hydrogen) atoms. The van der Waals surface area contributed by atoms with Gasteiger partial charge in [-0.25, -0.2) is 4.79 Å². The van der Waals surface area contributed by atoms with E-state index < -0.39 is 0 Å². The van der Waals surface area contributed by atoms with Crippen LogP contribution in [-0.4, -0.2) is 32.8 Å². The Morgan fingerprint density at radius 1 is 1.67 bits per heavy atom. The van der Waals surface area contributed by atoms with Crippen LogP contribution < -0.4 is 5.32 Å². The van der Waals surface area contributed by atoms with Crippen molar-refractivity contribution in [3.8, 4) is 0 Å². The average Bonchev–Trinajstić information content (AvgIpc) is 2.52. The Morgan fingerprint density at radius 3 is 2.92 bits per heavy atom. The Balaban J connectivity index is 2.45. The van der Waals surface area contributed by atoms with Gasteiger partial charge in [0.05, 0.1) is 13.2 Å². The third-order valence-electron chi connectivity index (χ3n) is 1.83. The van der Waals surface area contributed by atoms with Gasteiger partial charge in [-0.15, -0.1) is 0 Å². The molecule has 1 unspecified atom stereocenters. The van der Waals surface area contributed by atoms with Gasteiger partial charge in [0.2, 0.25) is 0 Å². The van der Waals surface area contributed by atoms with Gasteiger partial charge in [0.1, 0.15) is 0 Å². The molecular formula is C8H13NO3. The third kappa shape index (κ3) is 2.23. The minimum Gasteiger partial charge on any atom is -0.466 e. The smallest absolute Gasteiger partial charge is 0.332 e. The summed E-state index contributed by atoms with van der Waals surface area (Å²) in [6.45, 7) is 0.763. The van der Waals surface area contributed by atoms with Crippen LogP contribution in [0.15, 0.2) is 11.8 Å². The largest absolute Gasteiger partial charge is 0.466 e. The fourth-order valence-electron chi connectivity index (χ4n) is 1.11. The lowest BCUT2D eigenvalue weighted by Crippen LogP contribution is -2.14. The molecule has 1 rings (SSSR count). The van der Waals surface area contributed by atoms with Crippen molar-refractivity contribution in [2.75, 3.05) is 20.8 Å². The number of hydrogen-bond acceptors (Lipinski definition) is 4. The zero-order chi connectivity index (χ0) is 8.97. The van der Waals surface area contributed by atoms with Crippen molar-refractivity contribution in [1.82, 2.24) is 5.32 Å². The summed E-state index contributed by atoms with van der Waals surface area (Å²) in [5.41, 5.74) is 0.883. The van der Waals surface area contributed by atoms with E-state index in [9.17, 15) is 4.79 Å². The van der Waals surface area contributed by atoms with Gasteiger partial charge >= 0.3 is 5.97 Å². The number of carbonyl (C=O) groups excluding carboxylic acids is 1. The van der Waals surface area contributed by atoms with E-state index in [0.717, 1.165) is 18.7 Å². The van der Waals surface area contributed by atoms with Crippen LogP contribution in [0, 0.1) is 0 Å². The summed E-state index contributed by atoms with van der Waals surface area (Å²) in [4.78, 5) is 10.8. The molecule has 1 atom stereocenters. The number of ether oxygens (including phenoxy) is 2. The second kappa shape index (κ2) is 4.11. The predicted octanol–water partition coefficient (Wildman–Crippen LogP) is 0.0516. The minimum absolute atomic E-state index is 0.181. The first-order chi connectivity index (χ1) is 5.76. The zero-order valence-electron chi connectivity index (χ0n) is 7.29. The van der Waals surface area contributed by atoms with Crippen LogP contribution in [0.5, 0.6) is 0 Å². The first kappa shape index (κ1) is 9.06. The van der Waals surface area contributed by atoms with Gasteiger partial charge in [-0.05, 0) is 0 Å². The summed E-state index contributed by atoms with van der Waals surface area (Å²) in [6.07, 6.45) is 2.39. The maximum atomic E-state index is 10.8. The maximum absolute atomic E-state index is 10.8. The topological polar surface area (TPSA) is 47.6 Å². The first-order valence-electron chi connectivity index (χ1n) is 3.81. The lowest BCUT2D eigenvalue weighted by atomic mass is 10.2. The molecule has 0 bridgehead atoms. The van der Waals surface area contributed by atoms with Crippen LogP contribution >= 0.6 is 0 Å². The van der Waals surface area contributed by atoms with Gasteiger partial charge in [-0.3, -0.25) is 0 Å². The molecular weight excluding hydrogens is 158 g/mol. The second-order valence-electron chi connectivity index (χ2n) is 2.64. The Morgan fingerprint density at radius 2 is 2.42 bits per heavy atom. The number of esters is 1. The highest BCUT2D eigenvalue weighted by Gasteiger charge is 2.18. The molecule has 1 N–H and O–H groups in total. The highest BCUT2D eigenvalue weighted by molar-refractivity contribution is 5.82. The molecule has 1 aliphatic heterocycles. The number of nitrogens with one attached hydrogen (secondary N) is 1. The van der Waals surface area contributed by atoms with E-state index in [2.05, 4.69) is 10.1 Å². The van der Waals surface area contributed by atoms with Gasteiger partial charge < -0.3 is 14.8 Å². The summed E-state index contributed by atoms with van der Waals surface area (Å²) in [5, 5.41) is 3.06. The lowest BCUT2D eigenvalue weighted by Gasteiger charge is -2.01. The predicted molar refractivity (Wildman–Crippen MR) is 43.5 cm³/mol. The number of carbonyl (C=O) groups is 1. The maximum Gasteiger partial charge on any atom is 0.332 e. The molecule has 0 spiro atoms. The SMILES string of the molecule is COC(=O)/C=C1/CC(OC)CN1. The van der Waals surface area contributed by atoms with Crippen molar-refractivity contribution in [3.05, 3.63) is 11.8 Å². The molecule has 1 heterocycles. The molecule has 1 fully saturated rings. The standard InChI is InChI=1S/C8H13NO3/c1-11-7-3-6(9-5-7)4-8(10)12-2/h4,7,9H,3,5H2,1-2H3/b6-4-. The molecule has 68 valence electrons. The minimum atomic E-state index is -0.325. The van der Waals surface area contributed by atoms with Crippen molar-refractivity contribution in [2.24, 2.45) is 0 Å². The Kier molecular flexibility index (Phi) is 3.10. The number of hydrogen-bond donors (Lipinski definition) is 1. The normalized spacial score (nSPS) is 25.5. The van der Waals surface area contributed by atoms with E-state index in [1.807, 2.05) is 0 Å². The molecule has 4 heteroatoms. The van der Waals surface area contributed by atoms with Crippen molar-refractivity contribution in [3.63, 3.8) is 0 Å². The number of rotatable bonds is 2. The van der Waals surface area contributed by atoms with E-state index in [0.29, 0.717) is 0 Å². The molecule has 0 radical (unpaired) electrons. The second-order valence-corrected chi connectivity index (χ2v) is 2.64. The van der Waals surface area contributed by atoms with Crippen LogP contribution in [0.25, 0.3) is 0 Å². The quantitative estimate of drug-likeness (QED) is 0.471. The summed E-state index contributed by atoms with van der Waals surface area (Å²) in [7, 11) is 3.02. The van der Waals surface area contributed by atoms with Gasteiger partial charge in [-0.2, -0.15) is 0 Å². The van der Waals surface area contributed by atoms with Gasteiger partial charge in [0, 0.05) is 31.8 Å². The average molecular weight is 171 g/mol. The number of methoxy groups -OCH3 is 2. The Hall–Kier alpha value is -1.03. The summed E-state index contributed by atoms with van der Waals surface area (Å²) in [5.74, 6) is -0.325. The van der Waals surface area contributed by atoms with Gasteiger partial charge in [-0.1, -0.05) is 0 Å². The van der Waals surface area contributed by atoms with E-state index in [1.165, 1.54) is 13.2 Å². The summed E-state index contributed by atoms with van der Waals surface area (Å²) in [6, 6.07) is 0. The molecule has 1 aliphatic rings. The van der Waals surface area contributed by atoms with Crippen molar-refractivity contribution < 1.29 is 14.3 Å². The van der Waals surface area contributed by atoms with Crippen molar-refractivity contribution in [2.45, 2.75) is 12.5 Å². The Bertz CT molecular complexity index is 200. The zero-order valence-corrected chi connectivity index (χ0v) is 7.29. The fourth-order valence-corrected chi connectivity index (χ4v) is 1.11. The van der Waals surface area contributed by atoms with E-state index in [-0.39, 0.29) is 12.1 Å². The third-order valence-corrected chi connectivity index (χ3v) is 1.83. The van der Waals surface area contributed by atoms with Crippen molar-refractivity contribution >= 4 is 5.97 Å². The highest BCUT2D eigenvalue weighted by Crippen LogP contribution is 2.12. The van der Waals surface area contributed by atoms with E-state index in [4.69, 9.17) is 4.74 Å². The van der Waals surface area contributed by atoms with Gasteiger partial charge in [0.25, 0.3) is 0 Å². The molecule has 0 aromatic heterocycles. The van der Waals surface area contributed by atoms with E-state index in [1.54, 1.807) is 7.11 Å². The molecule has 1 saturated heterocycles. The molecule has 0 amide bonds. The summed E-state index contributed by atoms with van der Waals surface area (Å²) < 4.78 is 9.59. The molecule has 0 saturated carbocycles. The Labute approximate surface area is 71.5 Å². The van der Waals surface area contributed by atoms with Crippen LogP contribution in [-0.2, 0) is 14.3 Å². The lowest BCUT2D eigenvalue weighted by molar-refractivity contribution is -0.134. The van der Waals surface area contributed by atoms with Crippen LogP contribution in [0.3, 0.4) is 0 Å². The van der Waals surface area contributed by atoms with Crippen LogP contribution in [0.2, 0.25) is 0 Å². The van der Waals surface area contributed by atoms with Crippen LogP contribution in [0.4, 0.5) is 0 Å². The van der Waals surface area contributed by atoms with Crippen molar-refractivity contribution in [1.29, 1.82) is 0 Å². The summed E-state index contributed by atoms with van der Waals surface area (Å²) >= 11 is 0. The molecule has 0 aliphatic carbocycles.